The second kappa shape index (κ2) is 8.02. The smallest absolute Gasteiger partial charge is 0.263 e. The summed E-state index contributed by atoms with van der Waals surface area (Å²) in [7, 11) is 1.97. The van der Waals surface area contributed by atoms with E-state index in [1.165, 1.54) is 12.0 Å². The van der Waals surface area contributed by atoms with Crippen molar-refractivity contribution in [2.24, 2.45) is 5.92 Å². The summed E-state index contributed by atoms with van der Waals surface area (Å²) in [6.45, 7) is 11.0. The van der Waals surface area contributed by atoms with E-state index in [0.29, 0.717) is 5.92 Å². The molecule has 1 aromatic rings. The molecule has 0 aliphatic carbocycles. The fourth-order valence-electron chi connectivity index (χ4n) is 3.27. The van der Waals surface area contributed by atoms with Gasteiger partial charge in [0.15, 0.2) is 6.10 Å². The summed E-state index contributed by atoms with van der Waals surface area (Å²) in [5.74, 6) is 1.40. The number of hydrogen-bond donors (Lipinski definition) is 1. The van der Waals surface area contributed by atoms with Crippen molar-refractivity contribution in [3.8, 4) is 5.75 Å². The molecule has 1 heterocycles. The average molecular weight is 332 g/mol. The van der Waals surface area contributed by atoms with Gasteiger partial charge < -0.3 is 15.0 Å². The molecule has 1 amide bonds. The third-order valence-electron chi connectivity index (χ3n) is 4.70. The van der Waals surface area contributed by atoms with Gasteiger partial charge in [-0.2, -0.15) is 0 Å². The highest BCUT2D eigenvalue weighted by molar-refractivity contribution is 5.81. The number of rotatable bonds is 5. The van der Waals surface area contributed by atoms with E-state index in [4.69, 9.17) is 4.74 Å². The van der Waals surface area contributed by atoms with Gasteiger partial charge in [-0.15, -0.1) is 0 Å². The van der Waals surface area contributed by atoms with E-state index in [-0.39, 0.29) is 11.3 Å². The van der Waals surface area contributed by atoms with E-state index in [2.05, 4.69) is 38.2 Å². The van der Waals surface area contributed by atoms with E-state index in [1.54, 1.807) is 0 Å². The molecule has 1 fully saturated rings. The molecule has 4 heteroatoms. The predicted octanol–water partition coefficient (Wildman–Crippen LogP) is 3.21. The Bertz CT molecular complexity index is 532. The summed E-state index contributed by atoms with van der Waals surface area (Å²) in [5, 5.41) is 3.21. The minimum absolute atomic E-state index is 0.0932. The van der Waals surface area contributed by atoms with Crippen molar-refractivity contribution in [2.45, 2.75) is 52.1 Å². The molecule has 0 aromatic heterocycles. The van der Waals surface area contributed by atoms with Crippen LogP contribution in [0.25, 0.3) is 0 Å². The van der Waals surface area contributed by atoms with Crippen molar-refractivity contribution in [3.05, 3.63) is 29.8 Å². The molecule has 2 rings (SSSR count). The summed E-state index contributed by atoms with van der Waals surface area (Å²) >= 11 is 0. The number of carbonyl (C=O) groups excluding carboxylic acids is 1. The molecular weight excluding hydrogens is 300 g/mol. The fraction of sp³-hybridized carbons (Fsp3) is 0.650. The first-order chi connectivity index (χ1) is 11.3. The number of nitrogens with zero attached hydrogens (tertiary/aromatic N) is 1. The minimum Gasteiger partial charge on any atom is -0.481 e. The van der Waals surface area contributed by atoms with E-state index in [1.807, 2.05) is 31.0 Å². The van der Waals surface area contributed by atoms with Gasteiger partial charge in [0.1, 0.15) is 5.75 Å². The fourth-order valence-corrected chi connectivity index (χ4v) is 3.27. The van der Waals surface area contributed by atoms with Gasteiger partial charge in [-0.05, 0) is 62.4 Å². The summed E-state index contributed by atoms with van der Waals surface area (Å²) in [5.41, 5.74) is 1.38. The van der Waals surface area contributed by atoms with Gasteiger partial charge in [0.2, 0.25) is 0 Å². The monoisotopic (exact) mass is 332 g/mol. The van der Waals surface area contributed by atoms with Crippen LogP contribution in [-0.2, 0) is 10.2 Å². The SMILES string of the molecule is CNCC1CCCN(C(=O)C(C)Oc2ccc(C(C)(C)C)cc2)C1. The van der Waals surface area contributed by atoms with E-state index in [0.717, 1.165) is 31.8 Å². The zero-order chi connectivity index (χ0) is 17.7. The van der Waals surface area contributed by atoms with Crippen molar-refractivity contribution in [2.75, 3.05) is 26.7 Å². The minimum atomic E-state index is -0.446. The Morgan fingerprint density at radius 1 is 1.33 bits per heavy atom. The Morgan fingerprint density at radius 3 is 2.58 bits per heavy atom. The lowest BCUT2D eigenvalue weighted by molar-refractivity contribution is -0.139. The number of ether oxygens (including phenoxy) is 1. The maximum Gasteiger partial charge on any atom is 0.263 e. The standard InChI is InChI=1S/C20H32N2O2/c1-15(19(23)22-12-6-7-16(14-22)13-21-5)24-18-10-8-17(9-11-18)20(2,3)4/h8-11,15-16,21H,6-7,12-14H2,1-5H3. The van der Waals surface area contributed by atoms with Crippen molar-refractivity contribution >= 4 is 5.91 Å². The number of likely N-dealkylation sites (tertiary alicyclic amines) is 1. The Morgan fingerprint density at radius 2 is 2.00 bits per heavy atom. The van der Waals surface area contributed by atoms with Crippen LogP contribution in [0.3, 0.4) is 0 Å². The van der Waals surface area contributed by atoms with Crippen LogP contribution in [0.4, 0.5) is 0 Å². The average Bonchev–Trinajstić information content (AvgIpc) is 2.54. The molecule has 2 unspecified atom stereocenters. The molecule has 0 bridgehead atoms. The van der Waals surface area contributed by atoms with Crippen LogP contribution in [-0.4, -0.2) is 43.6 Å². The van der Waals surface area contributed by atoms with E-state index in [9.17, 15) is 4.79 Å². The number of piperidine rings is 1. The van der Waals surface area contributed by atoms with Crippen LogP contribution in [0, 0.1) is 5.92 Å². The predicted molar refractivity (Wildman–Crippen MR) is 98.5 cm³/mol. The molecule has 1 aromatic carbocycles. The Balaban J connectivity index is 1.93. The molecule has 0 saturated carbocycles. The van der Waals surface area contributed by atoms with Crippen molar-refractivity contribution in [1.29, 1.82) is 0 Å². The lowest BCUT2D eigenvalue weighted by Crippen LogP contribution is -2.47. The topological polar surface area (TPSA) is 41.6 Å². The first kappa shape index (κ1) is 18.8. The molecular formula is C20H32N2O2. The molecule has 4 nitrogen and oxygen atoms in total. The first-order valence-electron chi connectivity index (χ1n) is 9.02. The van der Waals surface area contributed by atoms with Crippen LogP contribution in [0.1, 0.15) is 46.1 Å². The summed E-state index contributed by atoms with van der Waals surface area (Å²) in [6, 6.07) is 8.08. The van der Waals surface area contributed by atoms with E-state index >= 15 is 0 Å². The van der Waals surface area contributed by atoms with Gasteiger partial charge in [-0.1, -0.05) is 32.9 Å². The number of nitrogens with one attached hydrogen (secondary N) is 1. The van der Waals surface area contributed by atoms with Gasteiger partial charge in [-0.3, -0.25) is 4.79 Å². The van der Waals surface area contributed by atoms with Crippen LogP contribution in [0.15, 0.2) is 24.3 Å². The third-order valence-corrected chi connectivity index (χ3v) is 4.70. The molecule has 0 spiro atoms. The molecule has 2 atom stereocenters. The molecule has 1 N–H and O–H groups in total. The van der Waals surface area contributed by atoms with Crippen molar-refractivity contribution < 1.29 is 9.53 Å². The molecule has 1 aliphatic rings. The first-order valence-corrected chi connectivity index (χ1v) is 9.02. The molecule has 24 heavy (non-hydrogen) atoms. The second-order valence-electron chi connectivity index (χ2n) is 7.88. The van der Waals surface area contributed by atoms with Gasteiger partial charge in [-0.25, -0.2) is 0 Å². The van der Waals surface area contributed by atoms with Gasteiger partial charge in [0, 0.05) is 13.1 Å². The largest absolute Gasteiger partial charge is 0.481 e. The van der Waals surface area contributed by atoms with E-state index < -0.39 is 6.10 Å². The van der Waals surface area contributed by atoms with Crippen LogP contribution < -0.4 is 10.1 Å². The summed E-state index contributed by atoms with van der Waals surface area (Å²) in [6.07, 6.45) is 1.82. The maximum absolute atomic E-state index is 12.7. The zero-order valence-electron chi connectivity index (χ0n) is 15.8. The highest BCUT2D eigenvalue weighted by Crippen LogP contribution is 2.25. The summed E-state index contributed by atoms with van der Waals surface area (Å²) in [4.78, 5) is 14.6. The maximum atomic E-state index is 12.7. The van der Waals surface area contributed by atoms with Gasteiger partial charge in [0.05, 0.1) is 0 Å². The zero-order valence-corrected chi connectivity index (χ0v) is 15.8. The van der Waals surface area contributed by atoms with Crippen LogP contribution in [0.2, 0.25) is 0 Å². The van der Waals surface area contributed by atoms with Crippen LogP contribution >= 0.6 is 0 Å². The number of hydrogen-bond acceptors (Lipinski definition) is 3. The highest BCUT2D eigenvalue weighted by atomic mass is 16.5. The Hall–Kier alpha value is -1.55. The third kappa shape index (κ3) is 4.97. The Labute approximate surface area is 146 Å². The number of amides is 1. The number of carbonyl (C=O) groups is 1. The lowest BCUT2D eigenvalue weighted by atomic mass is 9.87. The lowest BCUT2D eigenvalue weighted by Gasteiger charge is -2.34. The summed E-state index contributed by atoms with van der Waals surface area (Å²) < 4.78 is 5.89. The van der Waals surface area contributed by atoms with Crippen molar-refractivity contribution in [1.82, 2.24) is 10.2 Å². The molecule has 1 aliphatic heterocycles. The molecule has 134 valence electrons. The van der Waals surface area contributed by atoms with Crippen molar-refractivity contribution in [3.63, 3.8) is 0 Å². The van der Waals surface area contributed by atoms with Gasteiger partial charge >= 0.3 is 0 Å². The van der Waals surface area contributed by atoms with Crippen LogP contribution in [0.5, 0.6) is 5.75 Å². The van der Waals surface area contributed by atoms with Gasteiger partial charge in [0.25, 0.3) is 5.91 Å². The highest BCUT2D eigenvalue weighted by Gasteiger charge is 2.27. The quantitative estimate of drug-likeness (QED) is 0.900. The second-order valence-corrected chi connectivity index (χ2v) is 7.88. The Kier molecular flexibility index (Phi) is 6.27. The normalized spacial score (nSPS) is 19.9. The molecule has 1 saturated heterocycles. The molecule has 0 radical (unpaired) electrons. The number of benzene rings is 1.